The number of benzene rings is 2. The average molecular weight is 417 g/mol. The van der Waals surface area contributed by atoms with Gasteiger partial charge in [-0.15, -0.1) is 0 Å². The number of unbranched alkanes of at least 4 members (excludes halogenated alkanes) is 1. The molecule has 31 heavy (non-hydrogen) atoms. The van der Waals surface area contributed by atoms with Gasteiger partial charge in [-0.1, -0.05) is 62.2 Å². The predicted octanol–water partition coefficient (Wildman–Crippen LogP) is 4.13. The summed E-state index contributed by atoms with van der Waals surface area (Å²) in [6, 6.07) is 19.9. The number of aromatic nitrogens is 2. The van der Waals surface area contributed by atoms with Crippen LogP contribution in [0, 0.1) is 0 Å². The molecular weight excluding hydrogens is 388 g/mol. The lowest BCUT2D eigenvalue weighted by Gasteiger charge is -2.41. The Bertz CT molecular complexity index is 1060. The van der Waals surface area contributed by atoms with Gasteiger partial charge in [0.2, 0.25) is 5.91 Å². The number of piperazine rings is 1. The van der Waals surface area contributed by atoms with Gasteiger partial charge < -0.3 is 9.80 Å². The second-order valence-corrected chi connectivity index (χ2v) is 8.02. The fraction of sp³-hybridized carbons (Fsp3) is 0.320. The fourth-order valence-corrected chi connectivity index (χ4v) is 4.11. The van der Waals surface area contributed by atoms with Crippen molar-refractivity contribution in [2.75, 3.05) is 18.0 Å². The maximum absolute atomic E-state index is 13.1. The smallest absolute Gasteiger partial charge is 0.275 e. The molecule has 1 saturated heterocycles. The summed E-state index contributed by atoms with van der Waals surface area (Å²) in [4.78, 5) is 29.7. The molecule has 4 rings (SSSR count). The van der Waals surface area contributed by atoms with Crippen molar-refractivity contribution in [1.82, 2.24) is 14.7 Å². The van der Waals surface area contributed by atoms with E-state index in [-0.39, 0.29) is 24.4 Å². The van der Waals surface area contributed by atoms with E-state index in [0.717, 1.165) is 36.1 Å². The van der Waals surface area contributed by atoms with Gasteiger partial charge in [0.05, 0.1) is 6.04 Å². The first kappa shape index (κ1) is 20.8. The van der Waals surface area contributed by atoms with E-state index in [2.05, 4.69) is 36.3 Å². The summed E-state index contributed by atoms with van der Waals surface area (Å²) >= 11 is 0. The minimum absolute atomic E-state index is 0.0347. The molecule has 6 nitrogen and oxygen atoms in total. The van der Waals surface area contributed by atoms with Crippen molar-refractivity contribution in [2.24, 2.45) is 7.05 Å². The molecule has 0 N–H and O–H groups in total. The molecule has 160 valence electrons. The van der Waals surface area contributed by atoms with Crippen LogP contribution in [-0.4, -0.2) is 45.6 Å². The zero-order chi connectivity index (χ0) is 21.8. The lowest BCUT2D eigenvalue weighted by atomic mass is 10.0. The SMILES string of the molecule is CCCCC1CN(c2cccc(-c3ccccc3)c2)C(=O)CN1C(=O)c1ccn(C)n1. The van der Waals surface area contributed by atoms with Crippen LogP contribution in [0.2, 0.25) is 0 Å². The molecule has 1 aliphatic heterocycles. The Balaban J connectivity index is 1.60. The zero-order valence-electron chi connectivity index (χ0n) is 18.1. The average Bonchev–Trinajstić information content (AvgIpc) is 3.24. The van der Waals surface area contributed by atoms with Crippen molar-refractivity contribution >= 4 is 17.5 Å². The monoisotopic (exact) mass is 416 g/mol. The minimum atomic E-state index is -0.173. The van der Waals surface area contributed by atoms with Crippen molar-refractivity contribution < 1.29 is 9.59 Å². The Kier molecular flexibility index (Phi) is 6.16. The molecule has 2 heterocycles. The second kappa shape index (κ2) is 9.16. The topological polar surface area (TPSA) is 58.4 Å². The van der Waals surface area contributed by atoms with Crippen molar-refractivity contribution in [3.05, 3.63) is 72.6 Å². The lowest BCUT2D eigenvalue weighted by molar-refractivity contribution is -0.121. The Morgan fingerprint density at radius 1 is 1.06 bits per heavy atom. The highest BCUT2D eigenvalue weighted by atomic mass is 16.2. The van der Waals surface area contributed by atoms with Crippen LogP contribution in [0.1, 0.15) is 36.7 Å². The number of aryl methyl sites for hydroxylation is 1. The number of carbonyl (C=O) groups is 2. The molecule has 1 unspecified atom stereocenters. The van der Waals surface area contributed by atoms with Gasteiger partial charge in [-0.25, -0.2) is 0 Å². The van der Waals surface area contributed by atoms with Gasteiger partial charge in [-0.05, 0) is 35.7 Å². The third-order valence-corrected chi connectivity index (χ3v) is 5.79. The Morgan fingerprint density at radius 3 is 2.55 bits per heavy atom. The van der Waals surface area contributed by atoms with E-state index in [1.165, 1.54) is 0 Å². The first-order valence-electron chi connectivity index (χ1n) is 10.8. The molecule has 3 aromatic rings. The standard InChI is InChI=1S/C25H28N4O2/c1-3-4-12-22-17-28(21-13-8-11-20(16-21)19-9-6-5-7-10-19)24(30)18-29(22)25(31)23-14-15-27(2)26-23/h5-11,13-16,22H,3-4,12,17-18H2,1-2H3. The summed E-state index contributed by atoms with van der Waals surface area (Å²) in [5, 5.41) is 4.25. The quantitative estimate of drug-likeness (QED) is 0.607. The van der Waals surface area contributed by atoms with Crippen LogP contribution < -0.4 is 4.90 Å². The molecule has 0 saturated carbocycles. The molecule has 6 heteroatoms. The maximum atomic E-state index is 13.1. The summed E-state index contributed by atoms with van der Waals surface area (Å²) in [6.07, 6.45) is 4.65. The molecular formula is C25H28N4O2. The Labute approximate surface area is 183 Å². The molecule has 1 fully saturated rings. The molecule has 0 radical (unpaired) electrons. The molecule has 0 aliphatic carbocycles. The highest BCUT2D eigenvalue weighted by Crippen LogP contribution is 2.28. The van der Waals surface area contributed by atoms with Crippen LogP contribution >= 0.6 is 0 Å². The van der Waals surface area contributed by atoms with Crippen molar-refractivity contribution in [2.45, 2.75) is 32.2 Å². The van der Waals surface area contributed by atoms with Crippen LogP contribution in [0.25, 0.3) is 11.1 Å². The summed E-state index contributed by atoms with van der Waals surface area (Å²) < 4.78 is 1.61. The van der Waals surface area contributed by atoms with Crippen LogP contribution in [0.4, 0.5) is 5.69 Å². The Hall–Kier alpha value is -3.41. The molecule has 1 atom stereocenters. The van der Waals surface area contributed by atoms with Gasteiger partial charge in [-0.2, -0.15) is 5.10 Å². The van der Waals surface area contributed by atoms with E-state index < -0.39 is 0 Å². The second-order valence-electron chi connectivity index (χ2n) is 8.02. The zero-order valence-corrected chi connectivity index (χ0v) is 18.1. The number of amides is 2. The Morgan fingerprint density at radius 2 is 1.84 bits per heavy atom. The van der Waals surface area contributed by atoms with E-state index in [1.807, 2.05) is 35.2 Å². The first-order valence-corrected chi connectivity index (χ1v) is 10.8. The minimum Gasteiger partial charge on any atom is -0.323 e. The maximum Gasteiger partial charge on any atom is 0.275 e. The van der Waals surface area contributed by atoms with E-state index in [9.17, 15) is 9.59 Å². The molecule has 1 aliphatic rings. The van der Waals surface area contributed by atoms with Gasteiger partial charge in [-0.3, -0.25) is 14.3 Å². The van der Waals surface area contributed by atoms with Crippen molar-refractivity contribution in [1.29, 1.82) is 0 Å². The van der Waals surface area contributed by atoms with Crippen molar-refractivity contribution in [3.63, 3.8) is 0 Å². The largest absolute Gasteiger partial charge is 0.323 e. The molecule has 0 spiro atoms. The normalized spacial score (nSPS) is 16.6. The lowest BCUT2D eigenvalue weighted by Crippen LogP contribution is -2.58. The van der Waals surface area contributed by atoms with E-state index in [4.69, 9.17) is 0 Å². The predicted molar refractivity (Wildman–Crippen MR) is 122 cm³/mol. The van der Waals surface area contributed by atoms with Crippen molar-refractivity contribution in [3.8, 4) is 11.1 Å². The first-order chi connectivity index (χ1) is 15.1. The third kappa shape index (κ3) is 4.53. The van der Waals surface area contributed by atoms with Crippen LogP contribution in [0.5, 0.6) is 0 Å². The number of anilines is 1. The molecule has 2 amide bonds. The highest BCUT2D eigenvalue weighted by Gasteiger charge is 2.36. The number of hydrogen-bond donors (Lipinski definition) is 0. The van der Waals surface area contributed by atoms with E-state index in [0.29, 0.717) is 12.2 Å². The van der Waals surface area contributed by atoms with Gasteiger partial charge >= 0.3 is 0 Å². The van der Waals surface area contributed by atoms with Gasteiger partial charge in [0.25, 0.3) is 5.91 Å². The van der Waals surface area contributed by atoms with Gasteiger partial charge in [0, 0.05) is 25.5 Å². The summed E-state index contributed by atoms with van der Waals surface area (Å²) in [5.41, 5.74) is 3.44. The van der Waals surface area contributed by atoms with Crippen LogP contribution in [0.3, 0.4) is 0 Å². The van der Waals surface area contributed by atoms with Gasteiger partial charge in [0.15, 0.2) is 0 Å². The summed E-state index contributed by atoms with van der Waals surface area (Å²) in [5.74, 6) is -0.241. The summed E-state index contributed by atoms with van der Waals surface area (Å²) in [7, 11) is 1.79. The fourth-order valence-electron chi connectivity index (χ4n) is 4.11. The van der Waals surface area contributed by atoms with E-state index in [1.54, 1.807) is 28.9 Å². The van der Waals surface area contributed by atoms with Crippen LogP contribution in [-0.2, 0) is 11.8 Å². The highest BCUT2D eigenvalue weighted by molar-refractivity contribution is 6.01. The number of nitrogens with zero attached hydrogens (tertiary/aromatic N) is 4. The molecule has 0 bridgehead atoms. The molecule has 2 aromatic carbocycles. The number of rotatable bonds is 6. The third-order valence-electron chi connectivity index (χ3n) is 5.79. The van der Waals surface area contributed by atoms with E-state index >= 15 is 0 Å². The summed E-state index contributed by atoms with van der Waals surface area (Å²) in [6.45, 7) is 2.70. The van der Waals surface area contributed by atoms with Crippen LogP contribution in [0.15, 0.2) is 66.9 Å². The van der Waals surface area contributed by atoms with Gasteiger partial charge in [0.1, 0.15) is 12.2 Å². The molecule has 1 aromatic heterocycles. The number of hydrogen-bond acceptors (Lipinski definition) is 3. The number of carbonyl (C=O) groups excluding carboxylic acids is 2.